The molecule has 0 spiro atoms. The van der Waals surface area contributed by atoms with Gasteiger partial charge >= 0.3 is 5.97 Å². The summed E-state index contributed by atoms with van der Waals surface area (Å²) in [7, 11) is 4.24. The van der Waals surface area contributed by atoms with Gasteiger partial charge in [0, 0.05) is 5.92 Å². The Kier molecular flexibility index (Phi) is 4.79. The van der Waals surface area contributed by atoms with E-state index in [1.807, 2.05) is 0 Å². The molecule has 19 heavy (non-hydrogen) atoms. The van der Waals surface area contributed by atoms with Crippen molar-refractivity contribution in [2.45, 2.75) is 12.5 Å². The largest absolute Gasteiger partial charge is 0.493 e. The van der Waals surface area contributed by atoms with Crippen molar-refractivity contribution < 1.29 is 24.1 Å². The van der Waals surface area contributed by atoms with Gasteiger partial charge in [0.15, 0.2) is 11.5 Å². The van der Waals surface area contributed by atoms with Crippen LogP contribution in [0.25, 0.3) is 0 Å². The van der Waals surface area contributed by atoms with Gasteiger partial charge in [-0.2, -0.15) is 0 Å². The highest BCUT2D eigenvalue weighted by Gasteiger charge is 2.22. The summed E-state index contributed by atoms with van der Waals surface area (Å²) >= 11 is 0. The van der Waals surface area contributed by atoms with Crippen molar-refractivity contribution in [3.05, 3.63) is 23.8 Å². The average molecular weight is 264 g/mol. The molecule has 0 heterocycles. The highest BCUT2D eigenvalue weighted by molar-refractivity contribution is 5.88. The summed E-state index contributed by atoms with van der Waals surface area (Å²) in [6.45, 7) is 1.48. The second kappa shape index (κ2) is 6.12. The van der Waals surface area contributed by atoms with E-state index in [0.717, 1.165) is 0 Å². The van der Waals surface area contributed by atoms with Crippen LogP contribution >= 0.6 is 0 Å². The number of esters is 1. The van der Waals surface area contributed by atoms with Crippen LogP contribution in [0.4, 0.5) is 0 Å². The van der Waals surface area contributed by atoms with Crippen LogP contribution in [0.1, 0.15) is 12.5 Å². The number of hydrogen-bond donors (Lipinski definition) is 1. The van der Waals surface area contributed by atoms with Crippen molar-refractivity contribution in [3.63, 3.8) is 0 Å². The molecule has 0 saturated heterocycles. The number of benzene rings is 1. The van der Waals surface area contributed by atoms with Crippen molar-refractivity contribution in [1.29, 1.82) is 0 Å². The zero-order valence-electron chi connectivity index (χ0n) is 11.3. The monoisotopic (exact) mass is 264 g/mol. The first kappa shape index (κ1) is 14.9. The minimum Gasteiger partial charge on any atom is -0.493 e. The highest BCUT2D eigenvalue weighted by atomic mass is 16.5. The standard InChI is InChI=1S/C14H16O5/c1-14(16,8-7-13(15)19-4)10-5-6-11(17-2)12(9-10)18-3/h5-6,9,16H,1-4H3. The van der Waals surface area contributed by atoms with E-state index < -0.39 is 11.6 Å². The summed E-state index contributed by atoms with van der Waals surface area (Å²) in [6, 6.07) is 4.90. The number of hydrogen-bond acceptors (Lipinski definition) is 5. The number of rotatable bonds is 3. The van der Waals surface area contributed by atoms with Crippen LogP contribution in [0.15, 0.2) is 18.2 Å². The number of methoxy groups -OCH3 is 3. The molecule has 5 nitrogen and oxygen atoms in total. The van der Waals surface area contributed by atoms with E-state index in [2.05, 4.69) is 16.6 Å². The lowest BCUT2D eigenvalue weighted by atomic mass is 9.96. The fourth-order valence-electron chi connectivity index (χ4n) is 1.43. The molecule has 5 heteroatoms. The molecular formula is C14H16O5. The van der Waals surface area contributed by atoms with Gasteiger partial charge in [-0.05, 0) is 24.6 Å². The Balaban J connectivity index is 3.13. The van der Waals surface area contributed by atoms with Gasteiger partial charge in [0.05, 0.1) is 21.3 Å². The number of aliphatic hydroxyl groups is 1. The van der Waals surface area contributed by atoms with Crippen LogP contribution in [-0.2, 0) is 15.1 Å². The SMILES string of the molecule is COC(=O)C#CC(C)(O)c1ccc(OC)c(OC)c1. The first-order valence-corrected chi connectivity index (χ1v) is 5.50. The van der Waals surface area contributed by atoms with E-state index in [-0.39, 0.29) is 0 Å². The van der Waals surface area contributed by atoms with E-state index in [1.165, 1.54) is 28.3 Å². The van der Waals surface area contributed by atoms with Crippen molar-refractivity contribution >= 4 is 5.97 Å². The summed E-state index contributed by atoms with van der Waals surface area (Å²) in [6.07, 6.45) is 0. The predicted octanol–water partition coefficient (Wildman–Crippen LogP) is 1.09. The second-order valence-electron chi connectivity index (χ2n) is 3.88. The first-order chi connectivity index (χ1) is 8.94. The van der Waals surface area contributed by atoms with Crippen molar-refractivity contribution in [2.24, 2.45) is 0 Å². The van der Waals surface area contributed by atoms with E-state index in [1.54, 1.807) is 18.2 Å². The molecule has 0 aliphatic carbocycles. The number of carbonyl (C=O) groups is 1. The third kappa shape index (κ3) is 3.63. The molecule has 0 aliphatic heterocycles. The van der Waals surface area contributed by atoms with Gasteiger partial charge < -0.3 is 19.3 Å². The Morgan fingerprint density at radius 2 is 1.84 bits per heavy atom. The topological polar surface area (TPSA) is 65.0 Å². The quantitative estimate of drug-likeness (QED) is 0.503. The zero-order chi connectivity index (χ0) is 14.5. The Morgan fingerprint density at radius 1 is 1.21 bits per heavy atom. The van der Waals surface area contributed by atoms with Crippen molar-refractivity contribution in [3.8, 4) is 23.3 Å². The van der Waals surface area contributed by atoms with Crippen LogP contribution in [0.2, 0.25) is 0 Å². The fourth-order valence-corrected chi connectivity index (χ4v) is 1.43. The summed E-state index contributed by atoms with van der Waals surface area (Å²) < 4.78 is 14.6. The molecule has 0 aromatic heterocycles. The molecular weight excluding hydrogens is 248 g/mol. The predicted molar refractivity (Wildman–Crippen MR) is 68.9 cm³/mol. The molecule has 102 valence electrons. The molecule has 0 fully saturated rings. The molecule has 0 bridgehead atoms. The van der Waals surface area contributed by atoms with Gasteiger partial charge in [0.25, 0.3) is 0 Å². The van der Waals surface area contributed by atoms with Crippen LogP contribution < -0.4 is 9.47 Å². The lowest BCUT2D eigenvalue weighted by Crippen LogP contribution is -2.19. The third-order valence-electron chi connectivity index (χ3n) is 2.54. The molecule has 0 amide bonds. The maximum absolute atomic E-state index is 11.0. The molecule has 1 N–H and O–H groups in total. The highest BCUT2D eigenvalue weighted by Crippen LogP contribution is 2.31. The maximum atomic E-state index is 11.0. The molecule has 1 aromatic rings. The molecule has 1 aromatic carbocycles. The summed E-state index contributed by atoms with van der Waals surface area (Å²) in [5.74, 6) is 4.96. The fraction of sp³-hybridized carbons (Fsp3) is 0.357. The molecule has 0 radical (unpaired) electrons. The first-order valence-electron chi connectivity index (χ1n) is 5.50. The molecule has 0 aliphatic rings. The van der Waals surface area contributed by atoms with E-state index in [4.69, 9.17) is 9.47 Å². The van der Waals surface area contributed by atoms with Crippen molar-refractivity contribution in [2.75, 3.05) is 21.3 Å². The van der Waals surface area contributed by atoms with E-state index in [9.17, 15) is 9.90 Å². The van der Waals surface area contributed by atoms with Gasteiger partial charge in [-0.25, -0.2) is 4.79 Å². The molecule has 1 unspecified atom stereocenters. The Bertz CT molecular complexity index is 522. The third-order valence-corrected chi connectivity index (χ3v) is 2.54. The van der Waals surface area contributed by atoms with Crippen LogP contribution in [0, 0.1) is 11.8 Å². The van der Waals surface area contributed by atoms with Gasteiger partial charge in [-0.3, -0.25) is 0 Å². The Hall–Kier alpha value is -2.19. The van der Waals surface area contributed by atoms with Crippen LogP contribution in [-0.4, -0.2) is 32.4 Å². The number of carbonyl (C=O) groups excluding carboxylic acids is 1. The smallest absolute Gasteiger partial charge is 0.384 e. The maximum Gasteiger partial charge on any atom is 0.384 e. The van der Waals surface area contributed by atoms with Gasteiger partial charge in [-0.1, -0.05) is 12.0 Å². The van der Waals surface area contributed by atoms with Crippen molar-refractivity contribution in [1.82, 2.24) is 0 Å². The number of ether oxygens (including phenoxy) is 3. The lowest BCUT2D eigenvalue weighted by molar-refractivity contribution is -0.133. The normalized spacial score (nSPS) is 12.7. The average Bonchev–Trinajstić information content (AvgIpc) is 2.43. The minimum absolute atomic E-state index is 0.472. The molecule has 0 saturated carbocycles. The summed E-state index contributed by atoms with van der Waals surface area (Å²) in [4.78, 5) is 11.0. The van der Waals surface area contributed by atoms with Gasteiger partial charge in [-0.15, -0.1) is 0 Å². The lowest BCUT2D eigenvalue weighted by Gasteiger charge is -2.18. The van der Waals surface area contributed by atoms with Crippen LogP contribution in [0.5, 0.6) is 11.5 Å². The van der Waals surface area contributed by atoms with Gasteiger partial charge in [0.1, 0.15) is 5.60 Å². The van der Waals surface area contributed by atoms with Gasteiger partial charge in [0.2, 0.25) is 0 Å². The van der Waals surface area contributed by atoms with Crippen LogP contribution in [0.3, 0.4) is 0 Å². The minimum atomic E-state index is -1.49. The van der Waals surface area contributed by atoms with E-state index in [0.29, 0.717) is 17.1 Å². The molecule has 1 atom stereocenters. The summed E-state index contributed by atoms with van der Waals surface area (Å²) in [5, 5.41) is 10.2. The second-order valence-corrected chi connectivity index (χ2v) is 3.88. The summed E-state index contributed by atoms with van der Waals surface area (Å²) in [5.41, 5.74) is -1.00. The Morgan fingerprint density at radius 3 is 2.37 bits per heavy atom. The molecule has 1 rings (SSSR count). The van der Waals surface area contributed by atoms with E-state index >= 15 is 0 Å². The Labute approximate surface area is 112 Å². The zero-order valence-corrected chi connectivity index (χ0v) is 11.3.